The Labute approximate surface area is 111 Å². The molecule has 0 saturated heterocycles. The molecule has 0 spiro atoms. The molecule has 1 rings (SSSR count). The minimum atomic E-state index is -0.709. The summed E-state index contributed by atoms with van der Waals surface area (Å²) in [5.41, 5.74) is 0.320. The van der Waals surface area contributed by atoms with Crippen LogP contribution in [-0.4, -0.2) is 17.5 Å². The average Bonchev–Trinajstić information content (AvgIpc) is 2.42. The van der Waals surface area contributed by atoms with Crippen LogP contribution in [0.2, 0.25) is 0 Å². The van der Waals surface area contributed by atoms with E-state index in [2.05, 4.69) is 6.58 Å². The maximum Gasteiger partial charge on any atom is 0.345 e. The monoisotopic (exact) mass is 261 g/mol. The molecule has 0 amide bonds. The summed E-state index contributed by atoms with van der Waals surface area (Å²) in [4.78, 5) is 22.5. The minimum absolute atomic E-state index is 0.00468. The number of rotatable bonds is 6. The van der Waals surface area contributed by atoms with Crippen LogP contribution in [0.1, 0.15) is 18.9 Å². The molecule has 5 heteroatoms. The highest BCUT2D eigenvalue weighted by Crippen LogP contribution is 2.22. The van der Waals surface area contributed by atoms with Gasteiger partial charge in [-0.05, 0) is 5.56 Å². The van der Waals surface area contributed by atoms with Crippen molar-refractivity contribution in [1.29, 1.82) is 0 Å². The van der Waals surface area contributed by atoms with Crippen LogP contribution in [0.15, 0.2) is 48.7 Å². The normalized spacial score (nSPS) is 11.4. The Morgan fingerprint density at radius 2 is 2.05 bits per heavy atom. The predicted molar refractivity (Wildman–Crippen MR) is 71.8 cm³/mol. The van der Waals surface area contributed by atoms with Crippen molar-refractivity contribution in [2.75, 3.05) is 6.61 Å². The number of hydrogen-bond donors (Lipinski definition) is 0. The van der Waals surface area contributed by atoms with E-state index < -0.39 is 10.9 Å². The fourth-order valence-electron chi connectivity index (χ4n) is 1.61. The third-order valence-corrected chi connectivity index (χ3v) is 2.44. The summed E-state index contributed by atoms with van der Waals surface area (Å²) < 4.78 is 4.92. The molecule has 0 heterocycles. The van der Waals surface area contributed by atoms with Crippen LogP contribution in [0.5, 0.6) is 0 Å². The Morgan fingerprint density at radius 1 is 1.42 bits per heavy atom. The molecule has 5 nitrogen and oxygen atoms in total. The number of benzene rings is 1. The number of ether oxygens (including phenoxy) is 1. The zero-order valence-electron chi connectivity index (χ0n) is 10.7. The van der Waals surface area contributed by atoms with E-state index in [1.807, 2.05) is 0 Å². The highest BCUT2D eigenvalue weighted by Gasteiger charge is 2.25. The van der Waals surface area contributed by atoms with Crippen molar-refractivity contribution >= 4 is 11.5 Å². The summed E-state index contributed by atoms with van der Waals surface area (Å²) in [6.45, 7) is 5.08. The maximum atomic E-state index is 12.0. The van der Waals surface area contributed by atoms with Crippen molar-refractivity contribution in [3.05, 3.63) is 64.4 Å². The molecule has 0 aliphatic heterocycles. The van der Waals surface area contributed by atoms with Gasteiger partial charge in [-0.1, -0.05) is 49.9 Å². The molecule has 0 fully saturated rings. The van der Waals surface area contributed by atoms with Crippen molar-refractivity contribution in [1.82, 2.24) is 0 Å². The Hall–Kier alpha value is -2.43. The first-order chi connectivity index (χ1) is 9.11. The molecule has 100 valence electrons. The smallest absolute Gasteiger partial charge is 0.345 e. The standard InChI is InChI=1S/C14H15NO4/c1-3-10-19-14(16)13(12(4-2)15(17)18)11-8-6-5-7-9-11/h3,5-9H,1,4,10H2,2H3. The molecular formula is C14H15NO4. The van der Waals surface area contributed by atoms with Crippen LogP contribution in [-0.2, 0) is 9.53 Å². The van der Waals surface area contributed by atoms with Gasteiger partial charge >= 0.3 is 5.97 Å². The van der Waals surface area contributed by atoms with Crippen molar-refractivity contribution < 1.29 is 14.5 Å². The summed E-state index contributed by atoms with van der Waals surface area (Å²) in [6, 6.07) is 8.48. The van der Waals surface area contributed by atoms with Gasteiger partial charge in [-0.2, -0.15) is 0 Å². The fourth-order valence-corrected chi connectivity index (χ4v) is 1.61. The van der Waals surface area contributed by atoms with Gasteiger partial charge in [0.2, 0.25) is 0 Å². The van der Waals surface area contributed by atoms with E-state index in [4.69, 9.17) is 4.74 Å². The summed E-state index contributed by atoms with van der Waals surface area (Å²) in [5.74, 6) is -0.709. The van der Waals surface area contributed by atoms with Gasteiger partial charge in [-0.3, -0.25) is 10.1 Å². The van der Waals surface area contributed by atoms with E-state index in [-0.39, 0.29) is 24.3 Å². The third-order valence-electron chi connectivity index (χ3n) is 2.44. The van der Waals surface area contributed by atoms with Gasteiger partial charge in [0.1, 0.15) is 12.2 Å². The van der Waals surface area contributed by atoms with E-state index in [1.165, 1.54) is 6.08 Å². The molecular weight excluding hydrogens is 246 g/mol. The summed E-state index contributed by atoms with van der Waals surface area (Å²) >= 11 is 0. The Bertz CT molecular complexity index is 505. The lowest BCUT2D eigenvalue weighted by Gasteiger charge is -2.08. The maximum absolute atomic E-state index is 12.0. The zero-order valence-corrected chi connectivity index (χ0v) is 10.7. The Balaban J connectivity index is 3.29. The van der Waals surface area contributed by atoms with Gasteiger partial charge in [0.15, 0.2) is 0 Å². The average molecular weight is 261 g/mol. The van der Waals surface area contributed by atoms with Crippen molar-refractivity contribution in [2.24, 2.45) is 0 Å². The van der Waals surface area contributed by atoms with Gasteiger partial charge in [-0.25, -0.2) is 4.79 Å². The predicted octanol–water partition coefficient (Wildman–Crippen LogP) is 2.81. The minimum Gasteiger partial charge on any atom is -0.458 e. The molecule has 0 aliphatic carbocycles. The van der Waals surface area contributed by atoms with E-state index in [0.717, 1.165) is 0 Å². The fraction of sp³-hybridized carbons (Fsp3) is 0.214. The highest BCUT2D eigenvalue weighted by molar-refractivity contribution is 6.17. The molecule has 0 unspecified atom stereocenters. The number of hydrogen-bond acceptors (Lipinski definition) is 4. The molecule has 0 aliphatic rings. The number of carbonyl (C=O) groups excluding carboxylic acids is 1. The molecule has 0 saturated carbocycles. The molecule has 0 N–H and O–H groups in total. The van der Waals surface area contributed by atoms with Gasteiger partial charge in [-0.15, -0.1) is 0 Å². The van der Waals surface area contributed by atoms with Crippen LogP contribution in [0.3, 0.4) is 0 Å². The summed E-state index contributed by atoms with van der Waals surface area (Å²) in [7, 11) is 0. The molecule has 0 aromatic heterocycles. The molecule has 19 heavy (non-hydrogen) atoms. The molecule has 0 bridgehead atoms. The number of esters is 1. The Morgan fingerprint density at radius 3 is 2.53 bits per heavy atom. The molecule has 1 aromatic rings. The van der Waals surface area contributed by atoms with Crippen LogP contribution in [0, 0.1) is 10.1 Å². The van der Waals surface area contributed by atoms with Gasteiger partial charge in [0.05, 0.1) is 4.92 Å². The van der Waals surface area contributed by atoms with Gasteiger partial charge < -0.3 is 4.74 Å². The lowest BCUT2D eigenvalue weighted by molar-refractivity contribution is -0.426. The van der Waals surface area contributed by atoms with Crippen LogP contribution in [0.4, 0.5) is 0 Å². The first kappa shape index (κ1) is 14.6. The molecule has 0 atom stereocenters. The van der Waals surface area contributed by atoms with Crippen LogP contribution >= 0.6 is 0 Å². The van der Waals surface area contributed by atoms with Crippen molar-refractivity contribution in [2.45, 2.75) is 13.3 Å². The van der Waals surface area contributed by atoms with Crippen LogP contribution in [0.25, 0.3) is 5.57 Å². The van der Waals surface area contributed by atoms with Crippen molar-refractivity contribution in [3.8, 4) is 0 Å². The summed E-state index contributed by atoms with van der Waals surface area (Å²) in [5, 5.41) is 11.0. The first-order valence-corrected chi connectivity index (χ1v) is 5.82. The number of allylic oxidation sites excluding steroid dienone is 1. The van der Waals surface area contributed by atoms with E-state index in [0.29, 0.717) is 5.56 Å². The topological polar surface area (TPSA) is 69.4 Å². The second-order valence-corrected chi connectivity index (χ2v) is 3.69. The van der Waals surface area contributed by atoms with Crippen molar-refractivity contribution in [3.63, 3.8) is 0 Å². The van der Waals surface area contributed by atoms with Crippen LogP contribution < -0.4 is 0 Å². The number of nitro groups is 1. The van der Waals surface area contributed by atoms with E-state index in [1.54, 1.807) is 37.3 Å². The number of carbonyl (C=O) groups is 1. The van der Waals surface area contributed by atoms with Gasteiger partial charge in [0.25, 0.3) is 5.70 Å². The molecule has 1 aromatic carbocycles. The SMILES string of the molecule is C=CCOC(=O)C(=C(CC)[N+](=O)[O-])c1ccccc1. The first-order valence-electron chi connectivity index (χ1n) is 5.82. The summed E-state index contributed by atoms with van der Waals surface area (Å²) in [6.07, 6.45) is 1.55. The lowest BCUT2D eigenvalue weighted by Crippen LogP contribution is -2.13. The highest BCUT2D eigenvalue weighted by atomic mass is 16.6. The third kappa shape index (κ3) is 3.77. The van der Waals surface area contributed by atoms with E-state index >= 15 is 0 Å². The van der Waals surface area contributed by atoms with Gasteiger partial charge in [0, 0.05) is 6.42 Å². The molecule has 0 radical (unpaired) electrons. The second-order valence-electron chi connectivity index (χ2n) is 3.69. The quantitative estimate of drug-likeness (QED) is 0.259. The largest absolute Gasteiger partial charge is 0.458 e. The lowest BCUT2D eigenvalue weighted by atomic mass is 10.0. The Kier molecular flexibility index (Phi) is 5.47. The second kappa shape index (κ2) is 7.10. The van der Waals surface area contributed by atoms with E-state index in [9.17, 15) is 14.9 Å². The zero-order chi connectivity index (χ0) is 14.3. The number of nitrogens with zero attached hydrogens (tertiary/aromatic N) is 1.